The van der Waals surface area contributed by atoms with Crippen molar-refractivity contribution in [1.29, 1.82) is 0 Å². The molecular weight excluding hydrogens is 370 g/mol. The first-order valence-corrected chi connectivity index (χ1v) is 10.3. The Morgan fingerprint density at radius 1 is 1.00 bits per heavy atom. The molecule has 1 N–H and O–H groups in total. The molecule has 1 saturated heterocycles. The Hall–Kier alpha value is -2.99. The fourth-order valence-corrected chi connectivity index (χ4v) is 4.20. The Balaban J connectivity index is 1.47. The van der Waals surface area contributed by atoms with E-state index >= 15 is 0 Å². The molecule has 2 heterocycles. The molecule has 4 rings (SSSR count). The normalized spacial score (nSPS) is 14.5. The molecule has 1 aliphatic heterocycles. The fraction of sp³-hybridized carbons (Fsp3) is 0.227. The van der Waals surface area contributed by atoms with E-state index in [1.807, 2.05) is 41.3 Å². The number of carbonyl (C=O) groups excluding carboxylic acids is 2. The minimum absolute atomic E-state index is 0.0225. The smallest absolute Gasteiger partial charge is 0.255 e. The van der Waals surface area contributed by atoms with Gasteiger partial charge in [-0.1, -0.05) is 24.3 Å². The van der Waals surface area contributed by atoms with E-state index in [4.69, 9.17) is 0 Å². The number of likely N-dealkylation sites (tertiary alicyclic amines) is 1. The van der Waals surface area contributed by atoms with Crippen LogP contribution in [0.2, 0.25) is 0 Å². The van der Waals surface area contributed by atoms with Crippen LogP contribution in [0.5, 0.6) is 0 Å². The molecule has 2 amide bonds. The summed E-state index contributed by atoms with van der Waals surface area (Å²) in [5.74, 6) is -0.302. The molecule has 0 atom stereocenters. The third-order valence-corrected chi connectivity index (χ3v) is 5.75. The highest BCUT2D eigenvalue weighted by Gasteiger charge is 2.20. The van der Waals surface area contributed by atoms with Crippen LogP contribution in [0.15, 0.2) is 54.6 Å². The lowest BCUT2D eigenvalue weighted by Gasteiger charge is -2.27. The maximum Gasteiger partial charge on any atom is 0.255 e. The molecule has 6 heteroatoms. The largest absolute Gasteiger partial charge is 0.339 e. The summed E-state index contributed by atoms with van der Waals surface area (Å²) < 4.78 is 1.08. The summed E-state index contributed by atoms with van der Waals surface area (Å²) in [6, 6.07) is 15.0. The first-order chi connectivity index (χ1) is 13.7. The number of hydrogen-bond acceptors (Lipinski definition) is 4. The van der Waals surface area contributed by atoms with E-state index in [0.717, 1.165) is 41.2 Å². The molecule has 2 aromatic carbocycles. The van der Waals surface area contributed by atoms with Crippen LogP contribution in [0.3, 0.4) is 0 Å². The summed E-state index contributed by atoms with van der Waals surface area (Å²) in [5.41, 5.74) is 1.99. The van der Waals surface area contributed by atoms with Crippen LogP contribution in [-0.2, 0) is 4.79 Å². The Kier molecular flexibility index (Phi) is 5.48. The molecule has 0 bridgehead atoms. The second-order valence-corrected chi connectivity index (χ2v) is 7.80. The SMILES string of the molecule is O=C(/C=C/c1nc2ccccc2s1)Nc1ccccc1C(=O)N1CCCCC1. The van der Waals surface area contributed by atoms with Crippen LogP contribution >= 0.6 is 11.3 Å². The number of hydrogen-bond donors (Lipinski definition) is 1. The van der Waals surface area contributed by atoms with E-state index < -0.39 is 0 Å². The number of piperidine rings is 1. The van der Waals surface area contributed by atoms with Gasteiger partial charge in [-0.25, -0.2) is 4.98 Å². The second-order valence-electron chi connectivity index (χ2n) is 6.74. The highest BCUT2D eigenvalue weighted by molar-refractivity contribution is 7.19. The van der Waals surface area contributed by atoms with E-state index in [1.54, 1.807) is 18.2 Å². The first kappa shape index (κ1) is 18.4. The average molecular weight is 391 g/mol. The minimum atomic E-state index is -0.279. The molecule has 0 aliphatic carbocycles. The number of anilines is 1. The monoisotopic (exact) mass is 391 g/mol. The van der Waals surface area contributed by atoms with Crippen LogP contribution < -0.4 is 5.32 Å². The highest BCUT2D eigenvalue weighted by atomic mass is 32.1. The molecule has 1 aromatic heterocycles. The van der Waals surface area contributed by atoms with Gasteiger partial charge < -0.3 is 10.2 Å². The number of para-hydroxylation sites is 2. The zero-order valence-electron chi connectivity index (χ0n) is 15.4. The third-order valence-electron chi connectivity index (χ3n) is 4.75. The maximum absolute atomic E-state index is 12.8. The molecule has 3 aromatic rings. The van der Waals surface area contributed by atoms with Crippen LogP contribution in [0.4, 0.5) is 5.69 Å². The Bertz CT molecular complexity index is 1000. The van der Waals surface area contributed by atoms with Gasteiger partial charge in [-0.15, -0.1) is 11.3 Å². The van der Waals surface area contributed by atoms with Gasteiger partial charge in [0.15, 0.2) is 0 Å². The number of amides is 2. The summed E-state index contributed by atoms with van der Waals surface area (Å²) in [5, 5.41) is 3.61. The standard InChI is InChI=1S/C22H21N3O2S/c26-20(12-13-21-24-18-10-4-5-11-19(18)28-21)23-17-9-3-2-8-16(17)22(27)25-14-6-1-7-15-25/h2-5,8-13H,1,6-7,14-15H2,(H,23,26)/b13-12+. The Labute approximate surface area is 167 Å². The predicted octanol–water partition coefficient (Wildman–Crippen LogP) is 4.57. The lowest BCUT2D eigenvalue weighted by molar-refractivity contribution is -0.111. The fourth-order valence-electron chi connectivity index (χ4n) is 3.33. The molecule has 0 saturated carbocycles. The molecular formula is C22H21N3O2S. The lowest BCUT2D eigenvalue weighted by atomic mass is 10.1. The maximum atomic E-state index is 12.8. The summed E-state index contributed by atoms with van der Waals surface area (Å²) in [6.45, 7) is 1.55. The molecule has 0 radical (unpaired) electrons. The van der Waals surface area contributed by atoms with Crippen molar-refractivity contribution in [3.05, 3.63) is 65.2 Å². The number of thiazole rings is 1. The van der Waals surface area contributed by atoms with Gasteiger partial charge in [-0.05, 0) is 49.6 Å². The van der Waals surface area contributed by atoms with Gasteiger partial charge in [0, 0.05) is 19.2 Å². The van der Waals surface area contributed by atoms with Gasteiger partial charge >= 0.3 is 0 Å². The number of aromatic nitrogens is 1. The summed E-state index contributed by atoms with van der Waals surface area (Å²) in [6.07, 6.45) is 6.39. The van der Waals surface area contributed by atoms with Crippen LogP contribution in [-0.4, -0.2) is 34.8 Å². The van der Waals surface area contributed by atoms with E-state index in [9.17, 15) is 9.59 Å². The second kappa shape index (κ2) is 8.35. The molecule has 1 fully saturated rings. The number of nitrogens with zero attached hydrogens (tertiary/aromatic N) is 2. The van der Waals surface area contributed by atoms with Crippen LogP contribution in [0.1, 0.15) is 34.6 Å². The first-order valence-electron chi connectivity index (χ1n) is 9.44. The molecule has 5 nitrogen and oxygen atoms in total. The Morgan fingerprint density at radius 2 is 1.75 bits per heavy atom. The summed E-state index contributed by atoms with van der Waals surface area (Å²) in [4.78, 5) is 31.6. The van der Waals surface area contributed by atoms with Gasteiger partial charge in [-0.3, -0.25) is 9.59 Å². The van der Waals surface area contributed by atoms with E-state index in [-0.39, 0.29) is 11.8 Å². The van der Waals surface area contributed by atoms with Crippen molar-refractivity contribution in [3.63, 3.8) is 0 Å². The average Bonchev–Trinajstić information content (AvgIpc) is 3.16. The lowest BCUT2D eigenvalue weighted by Crippen LogP contribution is -2.36. The molecule has 0 spiro atoms. The van der Waals surface area contributed by atoms with Crippen molar-refractivity contribution in [2.24, 2.45) is 0 Å². The highest BCUT2D eigenvalue weighted by Crippen LogP contribution is 2.23. The molecule has 0 unspecified atom stereocenters. The van der Waals surface area contributed by atoms with Crippen molar-refractivity contribution in [2.75, 3.05) is 18.4 Å². The van der Waals surface area contributed by atoms with Gasteiger partial charge in [0.25, 0.3) is 5.91 Å². The number of benzene rings is 2. The van der Waals surface area contributed by atoms with Crippen molar-refractivity contribution >= 4 is 45.1 Å². The summed E-state index contributed by atoms with van der Waals surface area (Å²) in [7, 11) is 0. The van der Waals surface area contributed by atoms with Crippen molar-refractivity contribution in [1.82, 2.24) is 9.88 Å². The van der Waals surface area contributed by atoms with Crippen molar-refractivity contribution in [2.45, 2.75) is 19.3 Å². The van der Waals surface area contributed by atoms with E-state index in [0.29, 0.717) is 11.3 Å². The Morgan fingerprint density at radius 3 is 2.57 bits per heavy atom. The topological polar surface area (TPSA) is 62.3 Å². The van der Waals surface area contributed by atoms with E-state index in [2.05, 4.69) is 10.3 Å². The van der Waals surface area contributed by atoms with Gasteiger partial charge in [0.1, 0.15) is 5.01 Å². The van der Waals surface area contributed by atoms with Gasteiger partial charge in [0.2, 0.25) is 5.91 Å². The number of rotatable bonds is 4. The van der Waals surface area contributed by atoms with Gasteiger partial charge in [-0.2, -0.15) is 0 Å². The zero-order valence-corrected chi connectivity index (χ0v) is 16.2. The van der Waals surface area contributed by atoms with Crippen LogP contribution in [0, 0.1) is 0 Å². The zero-order chi connectivity index (χ0) is 19.3. The van der Waals surface area contributed by atoms with Crippen LogP contribution in [0.25, 0.3) is 16.3 Å². The predicted molar refractivity (Wildman–Crippen MR) is 113 cm³/mol. The third kappa shape index (κ3) is 4.12. The number of fused-ring (bicyclic) bond motifs is 1. The minimum Gasteiger partial charge on any atom is -0.339 e. The quantitative estimate of drug-likeness (QED) is 0.663. The molecule has 28 heavy (non-hydrogen) atoms. The molecule has 142 valence electrons. The molecule has 1 aliphatic rings. The number of carbonyl (C=O) groups is 2. The van der Waals surface area contributed by atoms with Crippen molar-refractivity contribution in [3.8, 4) is 0 Å². The van der Waals surface area contributed by atoms with E-state index in [1.165, 1.54) is 23.8 Å². The number of nitrogens with one attached hydrogen (secondary N) is 1. The van der Waals surface area contributed by atoms with Gasteiger partial charge in [0.05, 0.1) is 21.5 Å². The van der Waals surface area contributed by atoms with Crippen molar-refractivity contribution < 1.29 is 9.59 Å². The summed E-state index contributed by atoms with van der Waals surface area (Å²) >= 11 is 1.53.